The summed E-state index contributed by atoms with van der Waals surface area (Å²) in [6.07, 6.45) is 1.28. The Bertz CT molecular complexity index is 701. The van der Waals surface area contributed by atoms with Gasteiger partial charge in [0, 0.05) is 11.0 Å². The van der Waals surface area contributed by atoms with Crippen LogP contribution in [0.15, 0.2) is 34.2 Å². The van der Waals surface area contributed by atoms with Crippen LogP contribution in [0.25, 0.3) is 0 Å². The van der Waals surface area contributed by atoms with Crippen molar-refractivity contribution in [3.8, 4) is 0 Å². The summed E-state index contributed by atoms with van der Waals surface area (Å²) in [5.74, 6) is 0.678. The molecular weight excluding hydrogens is 262 g/mol. The van der Waals surface area contributed by atoms with Crippen LogP contribution in [0.2, 0.25) is 0 Å². The fourth-order valence-corrected chi connectivity index (χ4v) is 3.03. The van der Waals surface area contributed by atoms with E-state index in [9.17, 15) is 10.1 Å². The molecule has 2 aromatic rings. The van der Waals surface area contributed by atoms with Crippen LogP contribution in [-0.4, -0.2) is 9.91 Å². The fourth-order valence-electron chi connectivity index (χ4n) is 1.97. The first-order chi connectivity index (χ1) is 9.06. The lowest BCUT2D eigenvalue weighted by molar-refractivity contribution is -0.385. The van der Waals surface area contributed by atoms with Gasteiger partial charge in [-0.3, -0.25) is 10.1 Å². The molecule has 0 radical (unpaired) electrons. The summed E-state index contributed by atoms with van der Waals surface area (Å²) >= 11 is 1.51. The van der Waals surface area contributed by atoms with E-state index in [-0.39, 0.29) is 5.69 Å². The van der Waals surface area contributed by atoms with E-state index in [0.717, 1.165) is 15.5 Å². The minimum Gasteiger partial charge on any atom is -0.338 e. The number of hydrogen-bond donors (Lipinski definition) is 1. The molecule has 1 aromatic carbocycles. The van der Waals surface area contributed by atoms with E-state index in [1.807, 2.05) is 6.07 Å². The summed E-state index contributed by atoms with van der Waals surface area (Å²) in [4.78, 5) is 16.3. The van der Waals surface area contributed by atoms with Crippen molar-refractivity contribution in [2.45, 2.75) is 23.6 Å². The predicted octanol–water partition coefficient (Wildman–Crippen LogP) is 3.81. The molecule has 0 saturated carbocycles. The van der Waals surface area contributed by atoms with Gasteiger partial charge in [0.05, 0.1) is 15.5 Å². The summed E-state index contributed by atoms with van der Waals surface area (Å²) in [5.41, 5.74) is 3.44. The third-order valence-electron chi connectivity index (χ3n) is 3.21. The van der Waals surface area contributed by atoms with Crippen LogP contribution < -0.4 is 5.32 Å². The van der Waals surface area contributed by atoms with Crippen molar-refractivity contribution in [1.82, 2.24) is 4.98 Å². The maximum Gasteiger partial charge on any atom is 0.288 e. The van der Waals surface area contributed by atoms with E-state index >= 15 is 0 Å². The number of anilines is 2. The lowest BCUT2D eigenvalue weighted by atomic mass is 10.1. The Morgan fingerprint density at radius 2 is 2.11 bits per heavy atom. The average Bonchev–Trinajstić information content (AvgIpc) is 2.41. The monoisotopic (exact) mass is 273 g/mol. The maximum atomic E-state index is 10.8. The van der Waals surface area contributed by atoms with Crippen molar-refractivity contribution >= 4 is 29.0 Å². The molecule has 1 aliphatic rings. The zero-order valence-corrected chi connectivity index (χ0v) is 11.2. The van der Waals surface area contributed by atoms with Gasteiger partial charge >= 0.3 is 0 Å². The number of aryl methyl sites for hydroxylation is 1. The number of nitrogens with zero attached hydrogens (tertiary/aromatic N) is 2. The van der Waals surface area contributed by atoms with Crippen LogP contribution in [0.5, 0.6) is 0 Å². The lowest BCUT2D eigenvalue weighted by Crippen LogP contribution is -2.05. The molecule has 3 rings (SSSR count). The van der Waals surface area contributed by atoms with Crippen molar-refractivity contribution < 1.29 is 4.92 Å². The molecule has 1 N–H and O–H groups in total. The molecule has 2 heterocycles. The second-order valence-electron chi connectivity index (χ2n) is 4.41. The standard InChI is InChI=1S/C13H11N3O2S/c1-7-3-4-10-12(8(7)2)15-13-11(19-10)5-9(6-14-13)16(17)18/h3-6H,1-2H3,(H,14,15). The van der Waals surface area contributed by atoms with Gasteiger partial charge in [0.1, 0.15) is 12.0 Å². The SMILES string of the molecule is Cc1ccc2c(c1C)Nc1ncc([N+](=O)[O-])cc1S2. The molecule has 1 aliphatic heterocycles. The number of aromatic nitrogens is 1. The van der Waals surface area contributed by atoms with Gasteiger partial charge in [0.2, 0.25) is 0 Å². The number of hydrogen-bond acceptors (Lipinski definition) is 5. The van der Waals surface area contributed by atoms with Crippen LogP contribution in [0, 0.1) is 24.0 Å². The van der Waals surface area contributed by atoms with Crippen molar-refractivity contribution in [1.29, 1.82) is 0 Å². The molecule has 0 spiro atoms. The predicted molar refractivity (Wildman–Crippen MR) is 74.2 cm³/mol. The normalized spacial score (nSPS) is 12.3. The summed E-state index contributed by atoms with van der Waals surface area (Å²) in [7, 11) is 0. The van der Waals surface area contributed by atoms with Gasteiger partial charge in [0.15, 0.2) is 0 Å². The number of benzene rings is 1. The van der Waals surface area contributed by atoms with Gasteiger partial charge in [-0.05, 0) is 31.0 Å². The molecule has 0 fully saturated rings. The van der Waals surface area contributed by atoms with Crippen LogP contribution in [0.1, 0.15) is 11.1 Å². The van der Waals surface area contributed by atoms with Gasteiger partial charge in [0.25, 0.3) is 5.69 Å². The quantitative estimate of drug-likeness (QED) is 0.539. The first kappa shape index (κ1) is 12.0. The molecular formula is C13H11N3O2S. The Labute approximate surface area is 114 Å². The highest BCUT2D eigenvalue weighted by molar-refractivity contribution is 7.99. The van der Waals surface area contributed by atoms with E-state index in [0.29, 0.717) is 5.82 Å². The van der Waals surface area contributed by atoms with Gasteiger partial charge in [-0.15, -0.1) is 0 Å². The van der Waals surface area contributed by atoms with E-state index in [1.165, 1.54) is 29.1 Å². The summed E-state index contributed by atoms with van der Waals surface area (Å²) < 4.78 is 0. The Morgan fingerprint density at radius 1 is 1.32 bits per heavy atom. The lowest BCUT2D eigenvalue weighted by Gasteiger charge is -2.22. The van der Waals surface area contributed by atoms with E-state index in [1.54, 1.807) is 6.07 Å². The van der Waals surface area contributed by atoms with Gasteiger partial charge < -0.3 is 5.32 Å². The number of nitro groups is 1. The molecule has 0 aliphatic carbocycles. The van der Waals surface area contributed by atoms with E-state index < -0.39 is 4.92 Å². The first-order valence-electron chi connectivity index (χ1n) is 5.76. The highest BCUT2D eigenvalue weighted by Gasteiger charge is 2.21. The maximum absolute atomic E-state index is 10.8. The molecule has 0 amide bonds. The zero-order valence-electron chi connectivity index (χ0n) is 10.4. The van der Waals surface area contributed by atoms with Crippen LogP contribution in [-0.2, 0) is 0 Å². The smallest absolute Gasteiger partial charge is 0.288 e. The van der Waals surface area contributed by atoms with Crippen molar-refractivity contribution in [3.63, 3.8) is 0 Å². The number of fused-ring (bicyclic) bond motifs is 2. The van der Waals surface area contributed by atoms with Crippen molar-refractivity contribution in [2.24, 2.45) is 0 Å². The highest BCUT2D eigenvalue weighted by Crippen LogP contribution is 2.45. The second kappa shape index (κ2) is 4.24. The molecule has 0 atom stereocenters. The van der Waals surface area contributed by atoms with E-state index in [2.05, 4.69) is 30.2 Å². The molecule has 0 unspecified atom stereocenters. The topological polar surface area (TPSA) is 68.1 Å². The fraction of sp³-hybridized carbons (Fsp3) is 0.154. The average molecular weight is 273 g/mol. The molecule has 5 nitrogen and oxygen atoms in total. The summed E-state index contributed by atoms with van der Waals surface area (Å²) in [6, 6.07) is 5.63. The van der Waals surface area contributed by atoms with Crippen molar-refractivity contribution in [3.05, 3.63) is 45.6 Å². The van der Waals surface area contributed by atoms with Gasteiger partial charge in [-0.25, -0.2) is 4.98 Å². The van der Waals surface area contributed by atoms with Gasteiger partial charge in [-0.1, -0.05) is 17.8 Å². The summed E-state index contributed by atoms with van der Waals surface area (Å²) in [5, 5.41) is 14.0. The minimum atomic E-state index is -0.427. The van der Waals surface area contributed by atoms with Crippen LogP contribution in [0.3, 0.4) is 0 Å². The Morgan fingerprint density at radius 3 is 2.84 bits per heavy atom. The molecule has 0 saturated heterocycles. The number of nitrogens with one attached hydrogen (secondary N) is 1. The number of pyridine rings is 1. The van der Waals surface area contributed by atoms with Gasteiger partial charge in [-0.2, -0.15) is 0 Å². The third kappa shape index (κ3) is 1.94. The van der Waals surface area contributed by atoms with Crippen LogP contribution >= 0.6 is 11.8 Å². The zero-order chi connectivity index (χ0) is 13.6. The molecule has 6 heteroatoms. The molecule has 0 bridgehead atoms. The highest BCUT2D eigenvalue weighted by atomic mass is 32.2. The third-order valence-corrected chi connectivity index (χ3v) is 4.30. The Hall–Kier alpha value is -2.08. The molecule has 1 aromatic heterocycles. The summed E-state index contributed by atoms with van der Waals surface area (Å²) in [6.45, 7) is 4.11. The van der Waals surface area contributed by atoms with Crippen LogP contribution in [0.4, 0.5) is 17.2 Å². The largest absolute Gasteiger partial charge is 0.338 e. The van der Waals surface area contributed by atoms with Crippen molar-refractivity contribution in [2.75, 3.05) is 5.32 Å². The Kier molecular flexibility index (Phi) is 2.67. The second-order valence-corrected chi connectivity index (χ2v) is 5.49. The first-order valence-corrected chi connectivity index (χ1v) is 6.57. The Balaban J connectivity index is 2.09. The molecule has 96 valence electrons. The molecule has 19 heavy (non-hydrogen) atoms. The van der Waals surface area contributed by atoms with E-state index in [4.69, 9.17) is 0 Å². The number of rotatable bonds is 1. The minimum absolute atomic E-state index is 0.0142.